The van der Waals surface area contributed by atoms with Crippen molar-refractivity contribution in [1.29, 1.82) is 0 Å². The molecule has 0 radical (unpaired) electrons. The Balaban J connectivity index is 1.73. The zero-order valence-electron chi connectivity index (χ0n) is 8.76. The Morgan fingerprint density at radius 3 is 2.62 bits per heavy atom. The summed E-state index contributed by atoms with van der Waals surface area (Å²) < 4.78 is 0. The molecule has 2 aliphatic rings. The molecule has 1 saturated heterocycles. The Morgan fingerprint density at radius 2 is 2.08 bits per heavy atom. The maximum Gasteiger partial charge on any atom is 0.0195 e. The van der Waals surface area contributed by atoms with Crippen LogP contribution >= 0.6 is 0 Å². The highest BCUT2D eigenvalue weighted by atomic mass is 15.2. The first-order valence-electron chi connectivity index (χ1n) is 5.87. The summed E-state index contributed by atoms with van der Waals surface area (Å²) in [5, 5.41) is 3.62. The Hall–Kier alpha value is -0.0800. The van der Waals surface area contributed by atoms with Gasteiger partial charge in [-0.1, -0.05) is 13.3 Å². The predicted octanol–water partition coefficient (Wildman–Crippen LogP) is 1.61. The minimum absolute atomic E-state index is 0.786. The van der Waals surface area contributed by atoms with Gasteiger partial charge in [-0.3, -0.25) is 4.90 Å². The molecule has 1 unspecified atom stereocenters. The first-order valence-corrected chi connectivity index (χ1v) is 5.87. The van der Waals surface area contributed by atoms with Crippen molar-refractivity contribution in [2.24, 2.45) is 0 Å². The molecule has 0 aromatic carbocycles. The van der Waals surface area contributed by atoms with Crippen LogP contribution in [0.4, 0.5) is 0 Å². The first-order chi connectivity index (χ1) is 6.40. The van der Waals surface area contributed by atoms with Crippen LogP contribution in [0.25, 0.3) is 0 Å². The summed E-state index contributed by atoms with van der Waals surface area (Å²) in [4.78, 5) is 2.66. The number of nitrogens with zero attached hydrogens (tertiary/aromatic N) is 1. The van der Waals surface area contributed by atoms with E-state index in [1.165, 1.54) is 51.7 Å². The van der Waals surface area contributed by atoms with Crippen molar-refractivity contribution in [3.05, 3.63) is 0 Å². The lowest BCUT2D eigenvalue weighted by Gasteiger charge is -2.29. The van der Waals surface area contributed by atoms with E-state index >= 15 is 0 Å². The Labute approximate surface area is 81.7 Å². The molecule has 0 spiro atoms. The number of hydrogen-bond donors (Lipinski definition) is 1. The molecular weight excluding hydrogens is 160 g/mol. The fraction of sp³-hybridized carbons (Fsp3) is 1.00. The zero-order chi connectivity index (χ0) is 9.10. The second kappa shape index (κ2) is 4.43. The molecule has 0 aromatic heterocycles. The van der Waals surface area contributed by atoms with E-state index in [-0.39, 0.29) is 0 Å². The van der Waals surface area contributed by atoms with Gasteiger partial charge in [0.1, 0.15) is 0 Å². The number of rotatable bonds is 4. The molecule has 1 saturated carbocycles. The summed E-state index contributed by atoms with van der Waals surface area (Å²) in [6, 6.07) is 1.73. The fourth-order valence-electron chi connectivity index (χ4n) is 2.34. The Bertz CT molecular complexity index is 148. The summed E-state index contributed by atoms with van der Waals surface area (Å²) in [6.45, 7) is 6.07. The molecule has 76 valence electrons. The van der Waals surface area contributed by atoms with Crippen molar-refractivity contribution in [3.63, 3.8) is 0 Å². The normalized spacial score (nSPS) is 29.5. The highest BCUT2D eigenvalue weighted by Gasteiger charge is 2.29. The number of nitrogens with one attached hydrogen (secondary N) is 1. The third-order valence-electron chi connectivity index (χ3n) is 3.34. The molecule has 1 aliphatic carbocycles. The molecule has 0 aromatic rings. The van der Waals surface area contributed by atoms with E-state index in [2.05, 4.69) is 17.1 Å². The first kappa shape index (κ1) is 9.47. The Morgan fingerprint density at radius 1 is 1.23 bits per heavy atom. The molecule has 2 rings (SSSR count). The van der Waals surface area contributed by atoms with Crippen LogP contribution in [0.1, 0.15) is 39.0 Å². The van der Waals surface area contributed by atoms with Crippen LogP contribution in [-0.4, -0.2) is 36.6 Å². The lowest BCUT2D eigenvalue weighted by molar-refractivity contribution is 0.225. The molecule has 1 aliphatic heterocycles. The van der Waals surface area contributed by atoms with Gasteiger partial charge in [-0.05, 0) is 38.8 Å². The van der Waals surface area contributed by atoms with Crippen LogP contribution in [0.3, 0.4) is 0 Å². The third kappa shape index (κ3) is 2.68. The number of likely N-dealkylation sites (N-methyl/N-ethyl adjacent to an activating group) is 1. The lowest BCUT2D eigenvalue weighted by atomic mass is 10.0. The fourth-order valence-corrected chi connectivity index (χ4v) is 2.34. The van der Waals surface area contributed by atoms with Gasteiger partial charge in [-0.15, -0.1) is 0 Å². The highest BCUT2D eigenvalue weighted by molar-refractivity contribution is 4.87. The second-order valence-electron chi connectivity index (χ2n) is 4.47. The van der Waals surface area contributed by atoms with Crippen LogP contribution in [0.2, 0.25) is 0 Å². The van der Waals surface area contributed by atoms with Crippen molar-refractivity contribution >= 4 is 0 Å². The van der Waals surface area contributed by atoms with E-state index in [0.717, 1.165) is 12.1 Å². The van der Waals surface area contributed by atoms with E-state index in [4.69, 9.17) is 0 Å². The lowest BCUT2D eigenvalue weighted by Crippen LogP contribution is -2.44. The van der Waals surface area contributed by atoms with Gasteiger partial charge in [-0.2, -0.15) is 0 Å². The van der Waals surface area contributed by atoms with Crippen LogP contribution in [0.5, 0.6) is 0 Å². The van der Waals surface area contributed by atoms with Crippen LogP contribution < -0.4 is 5.32 Å². The third-order valence-corrected chi connectivity index (χ3v) is 3.34. The molecule has 13 heavy (non-hydrogen) atoms. The second-order valence-corrected chi connectivity index (χ2v) is 4.47. The Kier molecular flexibility index (Phi) is 3.23. The predicted molar refractivity (Wildman–Crippen MR) is 55.9 cm³/mol. The van der Waals surface area contributed by atoms with Crippen molar-refractivity contribution in [2.45, 2.75) is 51.1 Å². The monoisotopic (exact) mass is 182 g/mol. The molecule has 2 nitrogen and oxygen atoms in total. The minimum atomic E-state index is 0.786. The summed E-state index contributed by atoms with van der Waals surface area (Å²) >= 11 is 0. The summed E-state index contributed by atoms with van der Waals surface area (Å²) in [5.41, 5.74) is 0. The van der Waals surface area contributed by atoms with Gasteiger partial charge in [0, 0.05) is 18.6 Å². The van der Waals surface area contributed by atoms with Crippen molar-refractivity contribution in [1.82, 2.24) is 10.2 Å². The van der Waals surface area contributed by atoms with E-state index < -0.39 is 0 Å². The van der Waals surface area contributed by atoms with Gasteiger partial charge in [0.05, 0.1) is 0 Å². The maximum atomic E-state index is 3.62. The number of piperidine rings is 1. The van der Waals surface area contributed by atoms with E-state index in [1.54, 1.807) is 0 Å². The van der Waals surface area contributed by atoms with Crippen molar-refractivity contribution < 1.29 is 0 Å². The maximum absolute atomic E-state index is 3.62. The smallest absolute Gasteiger partial charge is 0.0195 e. The largest absolute Gasteiger partial charge is 0.313 e. The van der Waals surface area contributed by atoms with Crippen molar-refractivity contribution in [3.8, 4) is 0 Å². The van der Waals surface area contributed by atoms with E-state index in [1.807, 2.05) is 0 Å². The van der Waals surface area contributed by atoms with Gasteiger partial charge in [0.2, 0.25) is 0 Å². The molecule has 1 N–H and O–H groups in total. The van der Waals surface area contributed by atoms with Gasteiger partial charge < -0.3 is 5.32 Å². The molecule has 0 bridgehead atoms. The minimum Gasteiger partial charge on any atom is -0.313 e. The quantitative estimate of drug-likeness (QED) is 0.710. The molecular formula is C11H22N2. The SMILES string of the molecule is CCN(CC1CCCCN1)C1CC1. The summed E-state index contributed by atoms with van der Waals surface area (Å²) in [6.07, 6.45) is 7.09. The van der Waals surface area contributed by atoms with Crippen LogP contribution in [0.15, 0.2) is 0 Å². The molecule has 2 fully saturated rings. The van der Waals surface area contributed by atoms with E-state index in [0.29, 0.717) is 0 Å². The van der Waals surface area contributed by atoms with Gasteiger partial charge in [-0.25, -0.2) is 0 Å². The van der Waals surface area contributed by atoms with Crippen LogP contribution in [-0.2, 0) is 0 Å². The molecule has 2 heteroatoms. The van der Waals surface area contributed by atoms with Gasteiger partial charge in [0.25, 0.3) is 0 Å². The molecule has 1 heterocycles. The van der Waals surface area contributed by atoms with Gasteiger partial charge in [0.15, 0.2) is 0 Å². The molecule has 0 amide bonds. The van der Waals surface area contributed by atoms with Crippen molar-refractivity contribution in [2.75, 3.05) is 19.6 Å². The molecule has 1 atom stereocenters. The standard InChI is InChI=1S/C11H22N2/c1-2-13(11-6-7-11)9-10-5-3-4-8-12-10/h10-12H,2-9H2,1H3. The number of hydrogen-bond acceptors (Lipinski definition) is 2. The average Bonchev–Trinajstić information content (AvgIpc) is 2.99. The van der Waals surface area contributed by atoms with Crippen LogP contribution in [0, 0.1) is 0 Å². The highest BCUT2D eigenvalue weighted by Crippen LogP contribution is 2.27. The summed E-state index contributed by atoms with van der Waals surface area (Å²) in [7, 11) is 0. The average molecular weight is 182 g/mol. The summed E-state index contributed by atoms with van der Waals surface area (Å²) in [5.74, 6) is 0. The zero-order valence-corrected chi connectivity index (χ0v) is 8.76. The van der Waals surface area contributed by atoms with Gasteiger partial charge >= 0.3 is 0 Å². The van der Waals surface area contributed by atoms with E-state index in [9.17, 15) is 0 Å². The topological polar surface area (TPSA) is 15.3 Å².